The van der Waals surface area contributed by atoms with Crippen LogP contribution in [0.2, 0.25) is 0 Å². The number of hydrogen-bond donors (Lipinski definition) is 2. The second-order valence-corrected chi connectivity index (χ2v) is 6.80. The van der Waals surface area contributed by atoms with Crippen LogP contribution in [0.5, 0.6) is 5.75 Å². The molecule has 1 heterocycles. The molecule has 27 heavy (non-hydrogen) atoms. The van der Waals surface area contributed by atoms with Crippen molar-refractivity contribution in [3.63, 3.8) is 0 Å². The van der Waals surface area contributed by atoms with Gasteiger partial charge in [0.1, 0.15) is 17.8 Å². The van der Waals surface area contributed by atoms with Gasteiger partial charge < -0.3 is 20.1 Å². The quantitative estimate of drug-likeness (QED) is 0.501. The van der Waals surface area contributed by atoms with E-state index < -0.39 is 17.5 Å². The summed E-state index contributed by atoms with van der Waals surface area (Å²) in [7, 11) is 1.55. The number of benzene rings is 1. The first-order valence-corrected chi connectivity index (χ1v) is 8.95. The van der Waals surface area contributed by atoms with E-state index in [1.165, 1.54) is 0 Å². The number of urea groups is 1. The Labute approximate surface area is 159 Å². The third kappa shape index (κ3) is 4.97. The fraction of sp³-hybridized carbons (Fsp3) is 0.526. The average molecular weight is 377 g/mol. The Bertz CT molecular complexity index is 689. The Kier molecular flexibility index (Phi) is 6.79. The van der Waals surface area contributed by atoms with E-state index in [-0.39, 0.29) is 18.6 Å². The van der Waals surface area contributed by atoms with Crippen LogP contribution in [0.25, 0.3) is 0 Å². The molecule has 2 rings (SSSR count). The number of methoxy groups -OCH3 is 1. The third-order valence-corrected chi connectivity index (χ3v) is 4.34. The first-order chi connectivity index (χ1) is 12.8. The van der Waals surface area contributed by atoms with Crippen LogP contribution in [0.4, 0.5) is 4.79 Å². The Morgan fingerprint density at radius 3 is 2.52 bits per heavy atom. The van der Waals surface area contributed by atoms with Crippen LogP contribution >= 0.6 is 0 Å². The molecule has 1 aliphatic heterocycles. The smallest absolute Gasteiger partial charge is 0.325 e. The van der Waals surface area contributed by atoms with Crippen LogP contribution in [-0.4, -0.2) is 55.7 Å². The minimum atomic E-state index is -1.21. The molecule has 148 valence electrons. The SMILES string of the molecule is COc1ccc([C@@]2(C)NC(=O)N(CC(=O)NCCCOC(C)C)C2=O)cc1. The predicted octanol–water partition coefficient (Wildman–Crippen LogP) is 1.39. The van der Waals surface area contributed by atoms with Gasteiger partial charge in [0, 0.05) is 13.2 Å². The van der Waals surface area contributed by atoms with Crippen molar-refractivity contribution in [3.05, 3.63) is 29.8 Å². The summed E-state index contributed by atoms with van der Waals surface area (Å²) in [6, 6.07) is 6.28. The van der Waals surface area contributed by atoms with Crippen molar-refractivity contribution >= 4 is 17.8 Å². The van der Waals surface area contributed by atoms with Crippen molar-refractivity contribution in [2.75, 3.05) is 26.8 Å². The first-order valence-electron chi connectivity index (χ1n) is 8.95. The Hall–Kier alpha value is -2.61. The number of nitrogens with one attached hydrogen (secondary N) is 2. The van der Waals surface area contributed by atoms with Crippen molar-refractivity contribution in [1.82, 2.24) is 15.5 Å². The molecular weight excluding hydrogens is 350 g/mol. The van der Waals surface area contributed by atoms with Gasteiger partial charge in [-0.2, -0.15) is 0 Å². The fourth-order valence-electron chi connectivity index (χ4n) is 2.78. The molecule has 0 aromatic heterocycles. The van der Waals surface area contributed by atoms with E-state index in [2.05, 4.69) is 10.6 Å². The van der Waals surface area contributed by atoms with E-state index in [0.717, 1.165) is 4.90 Å². The zero-order valence-corrected chi connectivity index (χ0v) is 16.2. The predicted molar refractivity (Wildman–Crippen MR) is 99.3 cm³/mol. The fourth-order valence-corrected chi connectivity index (χ4v) is 2.78. The highest BCUT2D eigenvalue weighted by Gasteiger charge is 2.49. The van der Waals surface area contributed by atoms with Crippen LogP contribution in [0.15, 0.2) is 24.3 Å². The Morgan fingerprint density at radius 1 is 1.26 bits per heavy atom. The lowest BCUT2D eigenvalue weighted by molar-refractivity contribution is -0.134. The van der Waals surface area contributed by atoms with Gasteiger partial charge in [-0.05, 0) is 44.9 Å². The largest absolute Gasteiger partial charge is 0.497 e. The number of amides is 4. The average Bonchev–Trinajstić information content (AvgIpc) is 2.85. The highest BCUT2D eigenvalue weighted by Crippen LogP contribution is 2.29. The van der Waals surface area contributed by atoms with Gasteiger partial charge in [-0.3, -0.25) is 14.5 Å². The highest BCUT2D eigenvalue weighted by atomic mass is 16.5. The molecular formula is C19H27N3O5. The molecule has 1 aliphatic rings. The van der Waals surface area contributed by atoms with Crippen LogP contribution in [0.3, 0.4) is 0 Å². The summed E-state index contributed by atoms with van der Waals surface area (Å²) in [5.74, 6) is -0.199. The van der Waals surface area contributed by atoms with E-state index in [1.807, 2.05) is 13.8 Å². The molecule has 0 radical (unpaired) electrons. The number of carbonyl (C=O) groups is 3. The van der Waals surface area contributed by atoms with Crippen molar-refractivity contribution in [1.29, 1.82) is 0 Å². The topological polar surface area (TPSA) is 97.0 Å². The number of imide groups is 1. The maximum atomic E-state index is 12.8. The number of ether oxygens (including phenoxy) is 2. The van der Waals surface area contributed by atoms with E-state index in [4.69, 9.17) is 9.47 Å². The summed E-state index contributed by atoms with van der Waals surface area (Å²) in [4.78, 5) is 38.1. The lowest BCUT2D eigenvalue weighted by Crippen LogP contribution is -2.43. The van der Waals surface area contributed by atoms with E-state index in [9.17, 15) is 14.4 Å². The van der Waals surface area contributed by atoms with Gasteiger partial charge in [0.15, 0.2) is 0 Å². The maximum Gasteiger partial charge on any atom is 0.325 e. The second kappa shape index (κ2) is 8.85. The van der Waals surface area contributed by atoms with Crippen LogP contribution in [0, 0.1) is 0 Å². The van der Waals surface area contributed by atoms with Crippen molar-refractivity contribution < 1.29 is 23.9 Å². The summed E-state index contributed by atoms with van der Waals surface area (Å²) < 4.78 is 10.5. The number of hydrogen-bond acceptors (Lipinski definition) is 5. The number of rotatable bonds is 9. The van der Waals surface area contributed by atoms with Gasteiger partial charge >= 0.3 is 6.03 Å². The monoisotopic (exact) mass is 377 g/mol. The molecule has 0 bridgehead atoms. The van der Waals surface area contributed by atoms with Crippen LogP contribution < -0.4 is 15.4 Å². The van der Waals surface area contributed by atoms with Crippen LogP contribution in [-0.2, 0) is 19.9 Å². The lowest BCUT2D eigenvalue weighted by atomic mass is 9.92. The zero-order valence-electron chi connectivity index (χ0n) is 16.2. The van der Waals surface area contributed by atoms with Crippen molar-refractivity contribution in [2.45, 2.75) is 38.8 Å². The minimum Gasteiger partial charge on any atom is -0.497 e. The molecule has 1 aromatic carbocycles. The maximum absolute atomic E-state index is 12.8. The van der Waals surface area contributed by atoms with Gasteiger partial charge in [0.2, 0.25) is 5.91 Å². The number of nitrogens with zero attached hydrogens (tertiary/aromatic N) is 1. The van der Waals surface area contributed by atoms with Gasteiger partial charge in [-0.25, -0.2) is 4.79 Å². The molecule has 1 atom stereocenters. The summed E-state index contributed by atoms with van der Waals surface area (Å²) in [6.45, 7) is 6.14. The van der Waals surface area contributed by atoms with E-state index >= 15 is 0 Å². The molecule has 1 saturated heterocycles. The summed E-state index contributed by atoms with van der Waals surface area (Å²) in [5.41, 5.74) is -0.593. The molecule has 1 fully saturated rings. The Morgan fingerprint density at radius 2 is 1.93 bits per heavy atom. The molecule has 4 amide bonds. The third-order valence-electron chi connectivity index (χ3n) is 4.34. The second-order valence-electron chi connectivity index (χ2n) is 6.80. The van der Waals surface area contributed by atoms with Gasteiger partial charge in [0.05, 0.1) is 13.2 Å². The molecule has 8 nitrogen and oxygen atoms in total. The van der Waals surface area contributed by atoms with E-state index in [0.29, 0.717) is 30.9 Å². The molecule has 0 saturated carbocycles. The highest BCUT2D eigenvalue weighted by molar-refractivity contribution is 6.09. The van der Waals surface area contributed by atoms with Gasteiger partial charge in [0.25, 0.3) is 5.91 Å². The first kappa shape index (κ1) is 20.7. The lowest BCUT2D eigenvalue weighted by Gasteiger charge is -2.22. The Balaban J connectivity index is 1.93. The van der Waals surface area contributed by atoms with Crippen molar-refractivity contribution in [2.24, 2.45) is 0 Å². The van der Waals surface area contributed by atoms with E-state index in [1.54, 1.807) is 38.3 Å². The van der Waals surface area contributed by atoms with Gasteiger partial charge in [-0.1, -0.05) is 12.1 Å². The normalized spacial score (nSPS) is 19.4. The molecule has 8 heteroatoms. The molecule has 0 aliphatic carbocycles. The van der Waals surface area contributed by atoms with Crippen molar-refractivity contribution in [3.8, 4) is 5.75 Å². The van der Waals surface area contributed by atoms with Gasteiger partial charge in [-0.15, -0.1) is 0 Å². The van der Waals surface area contributed by atoms with Crippen LogP contribution in [0.1, 0.15) is 32.8 Å². The molecule has 1 aromatic rings. The summed E-state index contributed by atoms with van der Waals surface area (Å²) in [5, 5.41) is 5.37. The molecule has 0 spiro atoms. The zero-order chi connectivity index (χ0) is 20.0. The molecule has 2 N–H and O–H groups in total. The molecule has 0 unspecified atom stereocenters. The standard InChI is InChI=1S/C19H27N3O5/c1-13(2)27-11-5-10-20-16(23)12-22-17(24)19(3,21-18(22)25)14-6-8-15(26-4)9-7-14/h6-9,13H,5,10-12H2,1-4H3,(H,20,23)(H,21,25)/t19-/m1/s1. The number of carbonyl (C=O) groups excluding carboxylic acids is 3. The summed E-state index contributed by atoms with van der Waals surface area (Å²) in [6.07, 6.45) is 0.801. The minimum absolute atomic E-state index is 0.141. The summed E-state index contributed by atoms with van der Waals surface area (Å²) >= 11 is 0.